The van der Waals surface area contributed by atoms with E-state index in [1.165, 1.54) is 6.92 Å². The zero-order chi connectivity index (χ0) is 14.6. The Kier molecular flexibility index (Phi) is 5.26. The molecule has 0 radical (unpaired) electrons. The average molecular weight is 272 g/mol. The topological polar surface area (TPSA) is 69.7 Å². The lowest BCUT2D eigenvalue weighted by atomic mass is 10.1. The van der Waals surface area contributed by atoms with E-state index in [2.05, 4.69) is 0 Å². The second-order valence-electron chi connectivity index (χ2n) is 4.17. The van der Waals surface area contributed by atoms with Crippen molar-refractivity contribution in [2.24, 2.45) is 5.73 Å². The predicted octanol–water partition coefficient (Wildman–Crippen LogP) is 1.77. The summed E-state index contributed by atoms with van der Waals surface area (Å²) < 4.78 is 27.0. The van der Waals surface area contributed by atoms with E-state index >= 15 is 0 Å². The van der Waals surface area contributed by atoms with Crippen molar-refractivity contribution in [1.82, 2.24) is 4.90 Å². The molecule has 1 rings (SSSR count). The van der Waals surface area contributed by atoms with Gasteiger partial charge in [0.2, 0.25) is 5.95 Å². The molecule has 0 heterocycles. The third kappa shape index (κ3) is 3.65. The summed E-state index contributed by atoms with van der Waals surface area (Å²) in [5.41, 5.74) is 5.00. The number of hydrogen-bond acceptors (Lipinski definition) is 4. The third-order valence-corrected chi connectivity index (χ3v) is 2.85. The second-order valence-corrected chi connectivity index (χ2v) is 4.17. The molecule has 0 fully saturated rings. The molecule has 1 aromatic rings. The van der Waals surface area contributed by atoms with Gasteiger partial charge in [-0.3, -0.25) is 0 Å². The molecule has 0 aliphatic carbocycles. The van der Waals surface area contributed by atoms with Gasteiger partial charge in [-0.25, -0.2) is 4.39 Å². The minimum absolute atomic E-state index is 0.604. The van der Waals surface area contributed by atoms with Crippen LogP contribution in [0.2, 0.25) is 0 Å². The fourth-order valence-electron chi connectivity index (χ4n) is 1.98. The lowest BCUT2D eigenvalue weighted by molar-refractivity contribution is -0.0537. The number of aliphatic hydroxyl groups is 2. The molecule has 0 saturated heterocycles. The molecule has 19 heavy (non-hydrogen) atoms. The van der Waals surface area contributed by atoms with Crippen molar-refractivity contribution in [3.63, 3.8) is 0 Å². The Bertz CT molecular complexity index is 432. The largest absolute Gasteiger partial charge is 0.374 e. The van der Waals surface area contributed by atoms with Gasteiger partial charge < -0.3 is 20.8 Å². The quantitative estimate of drug-likeness (QED) is 0.564. The normalized spacial score (nSPS) is 15.9. The van der Waals surface area contributed by atoms with Crippen molar-refractivity contribution in [3.05, 3.63) is 47.5 Å². The monoisotopic (exact) mass is 272 g/mol. The van der Waals surface area contributed by atoms with Crippen LogP contribution in [0.3, 0.4) is 0 Å². The standard InChI is InChI=1S/C13H18F2N2O2/c1-8(10-6-4-3-5-7-10)17(9(2)14)11(12(15)16)13(18)19/h3-9,13,18-19H,16H2,1-2H3/b12-11-. The molecular weight excluding hydrogens is 254 g/mol. The van der Waals surface area contributed by atoms with Gasteiger partial charge in [-0.15, -0.1) is 0 Å². The van der Waals surface area contributed by atoms with Gasteiger partial charge >= 0.3 is 0 Å². The molecular formula is C13H18F2N2O2. The summed E-state index contributed by atoms with van der Waals surface area (Å²) in [5.74, 6) is -1.32. The number of halogens is 2. The van der Waals surface area contributed by atoms with E-state index in [4.69, 9.17) is 15.9 Å². The van der Waals surface area contributed by atoms with Crippen molar-refractivity contribution in [2.75, 3.05) is 0 Å². The molecule has 0 aliphatic rings. The van der Waals surface area contributed by atoms with E-state index in [0.29, 0.717) is 5.56 Å². The lowest BCUT2D eigenvalue weighted by Gasteiger charge is -2.35. The smallest absolute Gasteiger partial charge is 0.209 e. The highest BCUT2D eigenvalue weighted by molar-refractivity contribution is 5.21. The molecule has 0 amide bonds. The summed E-state index contributed by atoms with van der Waals surface area (Å²) in [4.78, 5) is 0.898. The molecule has 0 aromatic heterocycles. The first-order chi connectivity index (χ1) is 8.86. The minimum atomic E-state index is -2.19. The molecule has 0 spiro atoms. The summed E-state index contributed by atoms with van der Waals surface area (Å²) in [6.45, 7) is 2.79. The van der Waals surface area contributed by atoms with Crippen LogP contribution in [0, 0.1) is 0 Å². The van der Waals surface area contributed by atoms with Gasteiger partial charge in [0.15, 0.2) is 12.6 Å². The van der Waals surface area contributed by atoms with E-state index in [9.17, 15) is 8.78 Å². The number of nitrogens with zero attached hydrogens (tertiary/aromatic N) is 1. The summed E-state index contributed by atoms with van der Waals surface area (Å²) in [6.07, 6.45) is -3.82. The Balaban J connectivity index is 3.18. The molecule has 106 valence electrons. The highest BCUT2D eigenvalue weighted by Crippen LogP contribution is 2.29. The maximum absolute atomic E-state index is 13.7. The molecule has 0 bridgehead atoms. The van der Waals surface area contributed by atoms with Crippen molar-refractivity contribution in [1.29, 1.82) is 0 Å². The molecule has 4 nitrogen and oxygen atoms in total. The van der Waals surface area contributed by atoms with Crippen LogP contribution in [0.25, 0.3) is 0 Å². The van der Waals surface area contributed by atoms with E-state index in [1.54, 1.807) is 37.3 Å². The summed E-state index contributed by atoms with van der Waals surface area (Å²) >= 11 is 0. The zero-order valence-corrected chi connectivity index (χ0v) is 10.8. The Hall–Kier alpha value is -1.66. The molecule has 6 heteroatoms. The van der Waals surface area contributed by atoms with E-state index in [-0.39, 0.29) is 0 Å². The first-order valence-electron chi connectivity index (χ1n) is 5.85. The van der Waals surface area contributed by atoms with Crippen LogP contribution in [-0.4, -0.2) is 27.7 Å². The number of alkyl halides is 1. The Labute approximate surface area is 110 Å². The number of nitrogens with two attached hydrogens (primary N) is 1. The number of hydrogen-bond donors (Lipinski definition) is 3. The lowest BCUT2D eigenvalue weighted by Crippen LogP contribution is -2.38. The average Bonchev–Trinajstić information content (AvgIpc) is 2.34. The molecule has 1 aromatic carbocycles. The van der Waals surface area contributed by atoms with Gasteiger partial charge in [0.25, 0.3) is 0 Å². The van der Waals surface area contributed by atoms with Crippen LogP contribution in [0.5, 0.6) is 0 Å². The molecule has 0 saturated carbocycles. The fourth-order valence-corrected chi connectivity index (χ4v) is 1.98. The highest BCUT2D eigenvalue weighted by atomic mass is 19.1. The van der Waals surface area contributed by atoms with Gasteiger partial charge in [0.1, 0.15) is 5.70 Å². The zero-order valence-electron chi connectivity index (χ0n) is 10.8. The molecule has 0 aliphatic heterocycles. The van der Waals surface area contributed by atoms with Gasteiger partial charge in [-0.2, -0.15) is 4.39 Å². The van der Waals surface area contributed by atoms with Crippen LogP contribution in [0.15, 0.2) is 42.0 Å². The van der Waals surface area contributed by atoms with Gasteiger partial charge in [-0.1, -0.05) is 30.3 Å². The van der Waals surface area contributed by atoms with Crippen molar-refractivity contribution in [3.8, 4) is 0 Å². The Morgan fingerprint density at radius 1 is 1.21 bits per heavy atom. The maximum Gasteiger partial charge on any atom is 0.209 e. The predicted molar refractivity (Wildman–Crippen MR) is 67.8 cm³/mol. The first kappa shape index (κ1) is 15.4. The molecule has 4 N–H and O–H groups in total. The molecule has 2 atom stereocenters. The Morgan fingerprint density at radius 2 is 1.74 bits per heavy atom. The van der Waals surface area contributed by atoms with Gasteiger partial charge in [0, 0.05) is 0 Å². The van der Waals surface area contributed by atoms with Crippen LogP contribution < -0.4 is 5.73 Å². The van der Waals surface area contributed by atoms with E-state index < -0.39 is 30.3 Å². The Morgan fingerprint density at radius 3 is 2.11 bits per heavy atom. The summed E-state index contributed by atoms with van der Waals surface area (Å²) in [7, 11) is 0. The first-order valence-corrected chi connectivity index (χ1v) is 5.85. The van der Waals surface area contributed by atoms with Crippen LogP contribution >= 0.6 is 0 Å². The maximum atomic E-state index is 13.7. The number of rotatable bonds is 5. The van der Waals surface area contributed by atoms with E-state index in [0.717, 1.165) is 4.90 Å². The third-order valence-electron chi connectivity index (χ3n) is 2.85. The van der Waals surface area contributed by atoms with Crippen molar-refractivity contribution in [2.45, 2.75) is 32.5 Å². The second kappa shape index (κ2) is 6.49. The number of benzene rings is 1. The van der Waals surface area contributed by atoms with Crippen molar-refractivity contribution >= 4 is 0 Å². The van der Waals surface area contributed by atoms with E-state index in [1.807, 2.05) is 0 Å². The summed E-state index contributed by atoms with van der Waals surface area (Å²) in [5, 5.41) is 18.3. The molecule has 2 unspecified atom stereocenters. The van der Waals surface area contributed by atoms with Gasteiger partial charge in [0.05, 0.1) is 6.04 Å². The SMILES string of the molecule is CC(F)N(/C(=C(\N)F)C(O)O)C(C)c1ccccc1. The van der Waals surface area contributed by atoms with Crippen LogP contribution in [-0.2, 0) is 0 Å². The summed E-state index contributed by atoms with van der Waals surface area (Å²) in [6, 6.07) is 8.16. The minimum Gasteiger partial charge on any atom is -0.374 e. The van der Waals surface area contributed by atoms with Crippen LogP contribution in [0.4, 0.5) is 8.78 Å². The highest BCUT2D eigenvalue weighted by Gasteiger charge is 2.29. The van der Waals surface area contributed by atoms with Crippen LogP contribution in [0.1, 0.15) is 25.5 Å². The fraction of sp³-hybridized carbons (Fsp3) is 0.385. The number of aliphatic hydroxyl groups excluding tert-OH is 1. The van der Waals surface area contributed by atoms with Crippen molar-refractivity contribution < 1.29 is 19.0 Å². The van der Waals surface area contributed by atoms with Gasteiger partial charge in [-0.05, 0) is 19.4 Å².